The molecule has 0 radical (unpaired) electrons. The smallest absolute Gasteiger partial charge is 0.270 e. The molecular formula is C16H12N6O2. The first-order chi connectivity index (χ1) is 11.6. The Bertz CT molecular complexity index is 977. The molecule has 0 saturated carbocycles. The normalized spacial score (nSPS) is 12.8. The standard InChI is InChI=1S/C16H12N6O2/c1-10-19-20-15-9-18-16(13-4-2-3-7-17-13)12-8-11(22(23)24)5-6-14(12)21(10)15/h2-8H,9H2,1H3. The molecule has 24 heavy (non-hydrogen) atoms. The molecule has 118 valence electrons. The number of aryl methyl sites for hydroxylation is 1. The van der Waals surface area contributed by atoms with Crippen molar-refractivity contribution in [1.29, 1.82) is 0 Å². The van der Waals surface area contributed by atoms with Crippen LogP contribution in [0.1, 0.15) is 22.9 Å². The minimum Gasteiger partial charge on any atom is -0.281 e. The first-order valence-corrected chi connectivity index (χ1v) is 7.31. The van der Waals surface area contributed by atoms with Crippen molar-refractivity contribution in [1.82, 2.24) is 19.7 Å². The first-order valence-electron chi connectivity index (χ1n) is 7.31. The number of aliphatic imine (C=N–C) groups is 1. The Morgan fingerprint density at radius 2 is 2.08 bits per heavy atom. The van der Waals surface area contributed by atoms with Gasteiger partial charge in [0, 0.05) is 23.9 Å². The molecule has 0 spiro atoms. The summed E-state index contributed by atoms with van der Waals surface area (Å²) in [7, 11) is 0. The van der Waals surface area contributed by atoms with Gasteiger partial charge in [0.15, 0.2) is 5.82 Å². The molecule has 4 rings (SSSR count). The minimum absolute atomic E-state index is 0.00607. The van der Waals surface area contributed by atoms with Crippen molar-refractivity contribution in [2.45, 2.75) is 13.5 Å². The second-order valence-electron chi connectivity index (χ2n) is 5.34. The van der Waals surface area contributed by atoms with Crippen LogP contribution in [0.4, 0.5) is 5.69 Å². The summed E-state index contributed by atoms with van der Waals surface area (Å²) in [5.74, 6) is 1.39. The molecule has 3 aromatic rings. The molecule has 1 aliphatic heterocycles. The lowest BCUT2D eigenvalue weighted by Crippen LogP contribution is -2.10. The van der Waals surface area contributed by atoms with Crippen molar-refractivity contribution in [3.05, 3.63) is 75.6 Å². The summed E-state index contributed by atoms with van der Waals surface area (Å²) in [5.41, 5.74) is 2.69. The number of nitro groups is 1. The lowest BCUT2D eigenvalue weighted by molar-refractivity contribution is -0.384. The zero-order valence-corrected chi connectivity index (χ0v) is 12.7. The Morgan fingerprint density at radius 1 is 1.21 bits per heavy atom. The van der Waals surface area contributed by atoms with Crippen molar-refractivity contribution in [2.75, 3.05) is 0 Å². The zero-order valence-electron chi connectivity index (χ0n) is 12.7. The van der Waals surface area contributed by atoms with Crippen molar-refractivity contribution in [3.8, 4) is 5.69 Å². The van der Waals surface area contributed by atoms with Crippen molar-refractivity contribution in [2.24, 2.45) is 4.99 Å². The molecule has 3 heterocycles. The molecule has 0 atom stereocenters. The van der Waals surface area contributed by atoms with Gasteiger partial charge in [0.05, 0.1) is 22.0 Å². The summed E-state index contributed by atoms with van der Waals surface area (Å²) in [6, 6.07) is 10.2. The van der Waals surface area contributed by atoms with E-state index in [1.807, 2.05) is 29.7 Å². The Kier molecular flexibility index (Phi) is 3.16. The van der Waals surface area contributed by atoms with E-state index in [2.05, 4.69) is 20.2 Å². The highest BCUT2D eigenvalue weighted by Gasteiger charge is 2.24. The average Bonchev–Trinajstić information content (AvgIpc) is 2.87. The molecule has 0 unspecified atom stereocenters. The number of fused-ring (bicyclic) bond motifs is 3. The minimum atomic E-state index is -0.416. The van der Waals surface area contributed by atoms with Gasteiger partial charge < -0.3 is 0 Å². The van der Waals surface area contributed by atoms with Crippen LogP contribution < -0.4 is 0 Å². The first kappa shape index (κ1) is 14.2. The van der Waals surface area contributed by atoms with Gasteiger partial charge in [0.25, 0.3) is 5.69 Å². The van der Waals surface area contributed by atoms with Gasteiger partial charge in [-0.2, -0.15) is 0 Å². The second-order valence-corrected chi connectivity index (χ2v) is 5.34. The van der Waals surface area contributed by atoms with Crippen molar-refractivity contribution >= 4 is 11.4 Å². The highest BCUT2D eigenvalue weighted by molar-refractivity contribution is 6.14. The zero-order chi connectivity index (χ0) is 16.7. The summed E-state index contributed by atoms with van der Waals surface area (Å²) in [4.78, 5) is 19.7. The van der Waals surface area contributed by atoms with Gasteiger partial charge in [-0.1, -0.05) is 6.07 Å². The summed E-state index contributed by atoms with van der Waals surface area (Å²) >= 11 is 0. The van der Waals surface area contributed by atoms with E-state index in [1.54, 1.807) is 12.3 Å². The van der Waals surface area contributed by atoms with E-state index in [1.165, 1.54) is 12.1 Å². The molecule has 8 nitrogen and oxygen atoms in total. The van der Waals surface area contributed by atoms with E-state index in [-0.39, 0.29) is 5.69 Å². The molecule has 0 aliphatic carbocycles. The lowest BCUT2D eigenvalue weighted by Gasteiger charge is -2.11. The van der Waals surface area contributed by atoms with Crippen LogP contribution >= 0.6 is 0 Å². The van der Waals surface area contributed by atoms with E-state index in [0.717, 1.165) is 5.69 Å². The molecular weight excluding hydrogens is 308 g/mol. The van der Waals surface area contributed by atoms with Crippen molar-refractivity contribution in [3.63, 3.8) is 0 Å². The molecule has 0 saturated heterocycles. The van der Waals surface area contributed by atoms with Gasteiger partial charge in [-0.3, -0.25) is 24.7 Å². The number of benzene rings is 1. The average molecular weight is 320 g/mol. The van der Waals surface area contributed by atoms with Crippen LogP contribution in [0.3, 0.4) is 0 Å². The topological polar surface area (TPSA) is 99.1 Å². The third kappa shape index (κ3) is 2.16. The van der Waals surface area contributed by atoms with Gasteiger partial charge >= 0.3 is 0 Å². The van der Waals surface area contributed by atoms with Crippen LogP contribution in [0.15, 0.2) is 47.6 Å². The second kappa shape index (κ2) is 5.34. The van der Waals surface area contributed by atoms with Gasteiger partial charge in [-0.15, -0.1) is 10.2 Å². The third-order valence-corrected chi connectivity index (χ3v) is 3.86. The largest absolute Gasteiger partial charge is 0.281 e. The van der Waals surface area contributed by atoms with Gasteiger partial charge in [0.2, 0.25) is 0 Å². The molecule has 1 aliphatic rings. The predicted molar refractivity (Wildman–Crippen MR) is 86.3 cm³/mol. The highest BCUT2D eigenvalue weighted by Crippen LogP contribution is 2.28. The number of pyridine rings is 1. The fraction of sp³-hybridized carbons (Fsp3) is 0.125. The van der Waals surface area contributed by atoms with Crippen LogP contribution in [0.2, 0.25) is 0 Å². The number of aromatic nitrogens is 4. The maximum absolute atomic E-state index is 11.2. The Morgan fingerprint density at radius 3 is 2.83 bits per heavy atom. The fourth-order valence-corrected chi connectivity index (χ4v) is 2.80. The molecule has 8 heteroatoms. The molecule has 1 aromatic carbocycles. The number of non-ortho nitro benzene ring substituents is 1. The van der Waals surface area contributed by atoms with E-state index < -0.39 is 4.92 Å². The Hall–Kier alpha value is -3.42. The Balaban J connectivity index is 2.01. The van der Waals surface area contributed by atoms with Gasteiger partial charge in [0.1, 0.15) is 12.4 Å². The summed E-state index contributed by atoms with van der Waals surface area (Å²) in [6.45, 7) is 2.17. The number of hydrogen-bond acceptors (Lipinski definition) is 6. The monoisotopic (exact) mass is 320 g/mol. The fourth-order valence-electron chi connectivity index (χ4n) is 2.80. The number of hydrogen-bond donors (Lipinski definition) is 0. The molecule has 0 bridgehead atoms. The molecule has 0 amide bonds. The molecule has 0 N–H and O–H groups in total. The number of nitrogens with zero attached hydrogens (tertiary/aromatic N) is 6. The summed E-state index contributed by atoms with van der Waals surface area (Å²) in [6.07, 6.45) is 1.67. The SMILES string of the molecule is Cc1nnc2n1-c1ccc([N+](=O)[O-])cc1C(c1ccccn1)=NC2. The maximum atomic E-state index is 11.2. The number of rotatable bonds is 2. The lowest BCUT2D eigenvalue weighted by atomic mass is 10.0. The highest BCUT2D eigenvalue weighted by atomic mass is 16.6. The third-order valence-electron chi connectivity index (χ3n) is 3.86. The molecule has 2 aromatic heterocycles. The van der Waals surface area contributed by atoms with Gasteiger partial charge in [-0.25, -0.2) is 0 Å². The number of nitro benzene ring substituents is 1. The van der Waals surface area contributed by atoms with Gasteiger partial charge in [-0.05, 0) is 25.1 Å². The quantitative estimate of drug-likeness (QED) is 0.532. The van der Waals surface area contributed by atoms with E-state index in [9.17, 15) is 10.1 Å². The van der Waals surface area contributed by atoms with E-state index in [0.29, 0.717) is 35.2 Å². The van der Waals surface area contributed by atoms with E-state index in [4.69, 9.17) is 0 Å². The summed E-state index contributed by atoms with van der Waals surface area (Å²) in [5, 5.41) is 19.4. The summed E-state index contributed by atoms with van der Waals surface area (Å²) < 4.78 is 1.87. The van der Waals surface area contributed by atoms with Crippen LogP contribution in [0.5, 0.6) is 0 Å². The maximum Gasteiger partial charge on any atom is 0.270 e. The van der Waals surface area contributed by atoms with Crippen molar-refractivity contribution < 1.29 is 4.92 Å². The van der Waals surface area contributed by atoms with Crippen LogP contribution in [-0.4, -0.2) is 30.4 Å². The van der Waals surface area contributed by atoms with E-state index >= 15 is 0 Å². The van der Waals surface area contributed by atoms with Crippen LogP contribution in [0.25, 0.3) is 5.69 Å². The Labute approximate surface area is 136 Å². The van der Waals surface area contributed by atoms with Crippen LogP contribution in [-0.2, 0) is 6.54 Å². The molecule has 0 fully saturated rings. The predicted octanol–water partition coefficient (Wildman–Crippen LogP) is 2.23. The van der Waals surface area contributed by atoms with Crippen LogP contribution in [0, 0.1) is 17.0 Å².